The van der Waals surface area contributed by atoms with E-state index in [1.165, 1.54) is 12.1 Å². The highest BCUT2D eigenvalue weighted by atomic mass is 19.1. The van der Waals surface area contributed by atoms with E-state index in [0.29, 0.717) is 31.1 Å². The van der Waals surface area contributed by atoms with E-state index in [0.717, 1.165) is 0 Å². The molecular formula is C15H21FN2O2. The zero-order chi connectivity index (χ0) is 14.8. The third kappa shape index (κ3) is 3.10. The Morgan fingerprint density at radius 2 is 2.30 bits per heavy atom. The molecule has 1 aliphatic heterocycles. The van der Waals surface area contributed by atoms with Crippen LogP contribution >= 0.6 is 0 Å². The maximum absolute atomic E-state index is 13.3. The van der Waals surface area contributed by atoms with Crippen molar-refractivity contribution in [2.75, 3.05) is 11.9 Å². The summed E-state index contributed by atoms with van der Waals surface area (Å²) in [6, 6.07) is 6.06. The SMILES string of the molecule is CC(C)C1CC(Nc2cccc(F)c2)(C(N)=O)CCO1. The fraction of sp³-hybridized carbons (Fsp3) is 0.533. The van der Waals surface area contributed by atoms with Gasteiger partial charge in [0, 0.05) is 25.1 Å². The Labute approximate surface area is 118 Å². The largest absolute Gasteiger partial charge is 0.378 e. The maximum Gasteiger partial charge on any atom is 0.243 e. The second kappa shape index (κ2) is 5.79. The number of halogens is 1. The van der Waals surface area contributed by atoms with Gasteiger partial charge in [0.2, 0.25) is 5.91 Å². The number of nitrogens with two attached hydrogens (primary N) is 1. The quantitative estimate of drug-likeness (QED) is 0.889. The standard InChI is InChI=1S/C15H21FN2O2/c1-10(2)13-9-15(14(17)19,6-7-20-13)18-12-5-3-4-11(16)8-12/h3-5,8,10,13,18H,6-7,9H2,1-2H3,(H2,17,19). The molecule has 2 atom stereocenters. The van der Waals surface area contributed by atoms with Gasteiger partial charge in [-0.15, -0.1) is 0 Å². The predicted molar refractivity (Wildman–Crippen MR) is 75.8 cm³/mol. The molecule has 0 aromatic heterocycles. The van der Waals surface area contributed by atoms with Crippen LogP contribution < -0.4 is 11.1 Å². The first kappa shape index (κ1) is 14.8. The molecule has 1 amide bonds. The van der Waals surface area contributed by atoms with E-state index in [1.807, 2.05) is 13.8 Å². The van der Waals surface area contributed by atoms with Crippen molar-refractivity contribution < 1.29 is 13.9 Å². The molecule has 0 spiro atoms. The lowest BCUT2D eigenvalue weighted by Gasteiger charge is -2.41. The van der Waals surface area contributed by atoms with Crippen LogP contribution in [0, 0.1) is 11.7 Å². The summed E-state index contributed by atoms with van der Waals surface area (Å²) in [4.78, 5) is 11.9. The van der Waals surface area contributed by atoms with E-state index in [2.05, 4.69) is 5.32 Å². The molecule has 1 heterocycles. The summed E-state index contributed by atoms with van der Waals surface area (Å²) < 4.78 is 19.0. The molecule has 110 valence electrons. The van der Waals surface area contributed by atoms with E-state index < -0.39 is 11.4 Å². The van der Waals surface area contributed by atoms with Gasteiger partial charge in [-0.1, -0.05) is 19.9 Å². The number of carbonyl (C=O) groups excluding carboxylic acids is 1. The summed E-state index contributed by atoms with van der Waals surface area (Å²) in [6.07, 6.45) is 0.954. The van der Waals surface area contributed by atoms with Gasteiger partial charge in [-0.25, -0.2) is 4.39 Å². The highest BCUT2D eigenvalue weighted by Gasteiger charge is 2.42. The lowest BCUT2D eigenvalue weighted by molar-refractivity contribution is -0.128. The van der Waals surface area contributed by atoms with Crippen LogP contribution in [0.25, 0.3) is 0 Å². The number of benzene rings is 1. The summed E-state index contributed by atoms with van der Waals surface area (Å²) in [7, 11) is 0. The first-order chi connectivity index (χ1) is 9.43. The Bertz CT molecular complexity index is 493. The number of carbonyl (C=O) groups is 1. The van der Waals surface area contributed by atoms with E-state index in [1.54, 1.807) is 12.1 Å². The second-order valence-electron chi connectivity index (χ2n) is 5.69. The van der Waals surface area contributed by atoms with Crippen LogP contribution in [0.1, 0.15) is 26.7 Å². The summed E-state index contributed by atoms with van der Waals surface area (Å²) in [5, 5.41) is 3.12. The van der Waals surface area contributed by atoms with Gasteiger partial charge in [0.25, 0.3) is 0 Å². The minimum Gasteiger partial charge on any atom is -0.378 e. The van der Waals surface area contributed by atoms with Crippen LogP contribution in [-0.2, 0) is 9.53 Å². The summed E-state index contributed by atoms with van der Waals surface area (Å²) in [5.74, 6) is -0.471. The van der Waals surface area contributed by atoms with Crippen LogP contribution in [0.4, 0.5) is 10.1 Å². The third-order valence-electron chi connectivity index (χ3n) is 3.83. The highest BCUT2D eigenvalue weighted by molar-refractivity contribution is 5.88. The summed E-state index contributed by atoms with van der Waals surface area (Å²) >= 11 is 0. The van der Waals surface area contributed by atoms with Crippen molar-refractivity contribution in [2.45, 2.75) is 38.3 Å². The Morgan fingerprint density at radius 1 is 1.55 bits per heavy atom. The number of hydrogen-bond donors (Lipinski definition) is 2. The Hall–Kier alpha value is -1.62. The number of rotatable bonds is 4. The van der Waals surface area contributed by atoms with Crippen LogP contribution in [-0.4, -0.2) is 24.2 Å². The van der Waals surface area contributed by atoms with Gasteiger partial charge in [0.1, 0.15) is 11.4 Å². The molecule has 2 rings (SSSR count). The van der Waals surface area contributed by atoms with Crippen molar-refractivity contribution in [3.63, 3.8) is 0 Å². The number of hydrogen-bond acceptors (Lipinski definition) is 3. The number of amides is 1. The van der Waals surface area contributed by atoms with Gasteiger partial charge in [-0.3, -0.25) is 4.79 Å². The first-order valence-electron chi connectivity index (χ1n) is 6.88. The van der Waals surface area contributed by atoms with Gasteiger partial charge in [0.05, 0.1) is 6.10 Å². The van der Waals surface area contributed by atoms with E-state index in [-0.39, 0.29) is 11.9 Å². The molecule has 1 saturated heterocycles. The van der Waals surface area contributed by atoms with Crippen molar-refractivity contribution in [2.24, 2.45) is 11.7 Å². The molecule has 5 heteroatoms. The van der Waals surface area contributed by atoms with E-state index >= 15 is 0 Å². The molecule has 0 aliphatic carbocycles. The molecule has 1 aromatic rings. The molecule has 0 saturated carbocycles. The average molecular weight is 280 g/mol. The zero-order valence-electron chi connectivity index (χ0n) is 11.9. The molecule has 3 N–H and O–H groups in total. The topological polar surface area (TPSA) is 64.3 Å². The number of ether oxygens (including phenoxy) is 1. The van der Waals surface area contributed by atoms with Crippen molar-refractivity contribution in [1.29, 1.82) is 0 Å². The third-order valence-corrected chi connectivity index (χ3v) is 3.83. The van der Waals surface area contributed by atoms with Crippen molar-refractivity contribution in [3.05, 3.63) is 30.1 Å². The number of anilines is 1. The van der Waals surface area contributed by atoms with E-state index in [9.17, 15) is 9.18 Å². The second-order valence-corrected chi connectivity index (χ2v) is 5.69. The van der Waals surface area contributed by atoms with Gasteiger partial charge in [-0.05, 0) is 24.1 Å². The molecule has 1 aliphatic rings. The van der Waals surface area contributed by atoms with Gasteiger partial charge >= 0.3 is 0 Å². The minimum atomic E-state index is -0.874. The molecular weight excluding hydrogens is 259 g/mol. The zero-order valence-corrected chi connectivity index (χ0v) is 11.9. The average Bonchev–Trinajstić information content (AvgIpc) is 2.38. The maximum atomic E-state index is 13.3. The van der Waals surface area contributed by atoms with E-state index in [4.69, 9.17) is 10.5 Å². The Morgan fingerprint density at radius 3 is 2.90 bits per heavy atom. The molecule has 1 fully saturated rings. The van der Waals surface area contributed by atoms with Crippen LogP contribution in [0.2, 0.25) is 0 Å². The van der Waals surface area contributed by atoms with Crippen LogP contribution in [0.5, 0.6) is 0 Å². The molecule has 1 aromatic carbocycles. The smallest absolute Gasteiger partial charge is 0.243 e. The predicted octanol–water partition coefficient (Wildman–Crippen LogP) is 2.30. The van der Waals surface area contributed by atoms with Crippen molar-refractivity contribution >= 4 is 11.6 Å². The lowest BCUT2D eigenvalue weighted by atomic mass is 9.82. The summed E-state index contributed by atoms with van der Waals surface area (Å²) in [6.45, 7) is 4.56. The van der Waals surface area contributed by atoms with Crippen molar-refractivity contribution in [3.8, 4) is 0 Å². The molecule has 0 bridgehead atoms. The minimum absolute atomic E-state index is 0.0303. The fourth-order valence-electron chi connectivity index (χ4n) is 2.56. The van der Waals surface area contributed by atoms with Gasteiger partial charge in [0.15, 0.2) is 0 Å². The lowest BCUT2D eigenvalue weighted by Crippen LogP contribution is -2.56. The molecule has 0 radical (unpaired) electrons. The molecule has 2 unspecified atom stereocenters. The molecule has 20 heavy (non-hydrogen) atoms. The monoisotopic (exact) mass is 280 g/mol. The van der Waals surface area contributed by atoms with Crippen molar-refractivity contribution in [1.82, 2.24) is 0 Å². The van der Waals surface area contributed by atoms with Gasteiger partial charge < -0.3 is 15.8 Å². The summed E-state index contributed by atoms with van der Waals surface area (Å²) in [5.41, 5.74) is 5.29. The van der Waals surface area contributed by atoms with Crippen LogP contribution in [0.3, 0.4) is 0 Å². The number of nitrogens with one attached hydrogen (secondary N) is 1. The number of primary amides is 1. The van der Waals surface area contributed by atoms with Gasteiger partial charge in [-0.2, -0.15) is 0 Å². The highest BCUT2D eigenvalue weighted by Crippen LogP contribution is 2.32. The fourth-order valence-corrected chi connectivity index (χ4v) is 2.56. The molecule has 4 nitrogen and oxygen atoms in total. The Balaban J connectivity index is 2.23. The normalized spacial score (nSPS) is 26.5. The van der Waals surface area contributed by atoms with Crippen LogP contribution in [0.15, 0.2) is 24.3 Å². The Kier molecular flexibility index (Phi) is 4.28. The first-order valence-corrected chi connectivity index (χ1v) is 6.88.